The second-order valence-corrected chi connectivity index (χ2v) is 6.68. The number of benzene rings is 1. The van der Waals surface area contributed by atoms with Crippen LogP contribution in [0.15, 0.2) is 23.1 Å². The van der Waals surface area contributed by atoms with Gasteiger partial charge in [0.1, 0.15) is 10.6 Å². The number of rotatable bonds is 6. The molecular formula is C13H22N2O3S. The number of ether oxygens (including phenoxy) is 1. The molecule has 0 aromatic heterocycles. The zero-order chi connectivity index (χ0) is 14.7. The van der Waals surface area contributed by atoms with Gasteiger partial charge in [-0.05, 0) is 38.0 Å². The molecule has 1 aromatic carbocycles. The lowest BCUT2D eigenvalue weighted by Crippen LogP contribution is -2.42. The van der Waals surface area contributed by atoms with Crippen molar-refractivity contribution < 1.29 is 13.2 Å². The molecule has 0 unspecified atom stereocenters. The molecule has 0 saturated heterocycles. The summed E-state index contributed by atoms with van der Waals surface area (Å²) in [5, 5.41) is 0. The van der Waals surface area contributed by atoms with E-state index in [-0.39, 0.29) is 11.4 Å². The summed E-state index contributed by atoms with van der Waals surface area (Å²) in [5.74, 6) is 0.316. The van der Waals surface area contributed by atoms with Crippen molar-refractivity contribution in [2.45, 2.75) is 44.2 Å². The monoisotopic (exact) mass is 286 g/mol. The molecule has 6 heteroatoms. The molecule has 19 heavy (non-hydrogen) atoms. The topological polar surface area (TPSA) is 81.4 Å². The summed E-state index contributed by atoms with van der Waals surface area (Å²) in [7, 11) is -2.19. The van der Waals surface area contributed by atoms with Crippen molar-refractivity contribution >= 4 is 10.0 Å². The van der Waals surface area contributed by atoms with Crippen molar-refractivity contribution in [1.29, 1.82) is 0 Å². The fourth-order valence-corrected chi connectivity index (χ4v) is 3.25. The molecule has 0 aliphatic heterocycles. The largest absolute Gasteiger partial charge is 0.495 e. The lowest BCUT2D eigenvalue weighted by atomic mass is 10.0. The highest BCUT2D eigenvalue weighted by molar-refractivity contribution is 7.89. The van der Waals surface area contributed by atoms with Crippen molar-refractivity contribution in [3.05, 3.63) is 23.8 Å². The van der Waals surface area contributed by atoms with E-state index >= 15 is 0 Å². The first-order chi connectivity index (χ1) is 8.75. The molecular weight excluding hydrogens is 264 g/mol. The normalized spacial score (nSPS) is 12.5. The third-order valence-corrected chi connectivity index (χ3v) is 4.77. The Morgan fingerprint density at radius 2 is 2.00 bits per heavy atom. The molecule has 0 atom stereocenters. The molecule has 0 radical (unpaired) electrons. The van der Waals surface area contributed by atoms with Gasteiger partial charge in [-0.25, -0.2) is 13.1 Å². The van der Waals surface area contributed by atoms with E-state index in [1.165, 1.54) is 7.11 Å². The molecule has 0 aliphatic carbocycles. The van der Waals surface area contributed by atoms with Gasteiger partial charge in [0.25, 0.3) is 0 Å². The third-order valence-electron chi connectivity index (χ3n) is 3.05. The van der Waals surface area contributed by atoms with Crippen LogP contribution >= 0.6 is 0 Å². The minimum absolute atomic E-state index is 0.125. The molecule has 3 N–H and O–H groups in total. The first-order valence-corrected chi connectivity index (χ1v) is 7.65. The number of hydrogen-bond donors (Lipinski definition) is 2. The van der Waals surface area contributed by atoms with Crippen LogP contribution in [0.5, 0.6) is 5.75 Å². The van der Waals surface area contributed by atoms with Crippen molar-refractivity contribution in [1.82, 2.24) is 4.72 Å². The van der Waals surface area contributed by atoms with Gasteiger partial charge in [-0.15, -0.1) is 0 Å². The van der Waals surface area contributed by atoms with Crippen LogP contribution in [-0.4, -0.2) is 21.1 Å². The van der Waals surface area contributed by atoms with E-state index in [1.807, 2.05) is 20.8 Å². The minimum atomic E-state index is -3.64. The Labute approximate surface area is 115 Å². The average molecular weight is 286 g/mol. The first-order valence-electron chi connectivity index (χ1n) is 6.16. The van der Waals surface area contributed by atoms with Gasteiger partial charge >= 0.3 is 0 Å². The summed E-state index contributed by atoms with van der Waals surface area (Å²) in [6.07, 6.45) is 0.686. The number of methoxy groups -OCH3 is 1. The predicted octanol–water partition coefficient (Wildman–Crippen LogP) is 1.62. The summed E-state index contributed by atoms with van der Waals surface area (Å²) < 4.78 is 32.6. The highest BCUT2D eigenvalue weighted by Gasteiger charge is 2.27. The summed E-state index contributed by atoms with van der Waals surface area (Å²) in [6, 6.07) is 4.92. The molecule has 0 bridgehead atoms. The Kier molecular flexibility index (Phi) is 4.95. The van der Waals surface area contributed by atoms with Crippen LogP contribution in [0.25, 0.3) is 0 Å². The van der Waals surface area contributed by atoms with Crippen LogP contribution in [0.4, 0.5) is 0 Å². The number of nitrogens with two attached hydrogens (primary N) is 1. The lowest BCUT2D eigenvalue weighted by Gasteiger charge is -2.24. The zero-order valence-corrected chi connectivity index (χ0v) is 12.7. The van der Waals surface area contributed by atoms with E-state index in [1.54, 1.807) is 18.2 Å². The Balaban J connectivity index is 3.27. The highest BCUT2D eigenvalue weighted by atomic mass is 32.2. The van der Waals surface area contributed by atoms with E-state index in [4.69, 9.17) is 10.5 Å². The summed E-state index contributed by atoms with van der Waals surface area (Å²) in [4.78, 5) is 0.125. The van der Waals surface area contributed by atoms with E-state index in [9.17, 15) is 8.42 Å². The van der Waals surface area contributed by atoms with Gasteiger partial charge in [0, 0.05) is 12.1 Å². The Hall–Kier alpha value is -1.11. The predicted molar refractivity (Wildman–Crippen MR) is 75.6 cm³/mol. The van der Waals surface area contributed by atoms with Gasteiger partial charge in [-0.1, -0.05) is 13.0 Å². The van der Waals surface area contributed by atoms with E-state index in [0.717, 1.165) is 5.56 Å². The van der Waals surface area contributed by atoms with Crippen LogP contribution in [0.1, 0.15) is 32.8 Å². The maximum atomic E-state index is 12.4. The van der Waals surface area contributed by atoms with Gasteiger partial charge in [0.15, 0.2) is 0 Å². The molecule has 0 aliphatic rings. The average Bonchev–Trinajstić information content (AvgIpc) is 2.36. The summed E-state index contributed by atoms with van der Waals surface area (Å²) >= 11 is 0. The molecule has 1 rings (SSSR count). The van der Waals surface area contributed by atoms with E-state index in [2.05, 4.69) is 4.72 Å². The van der Waals surface area contributed by atoms with E-state index in [0.29, 0.717) is 12.2 Å². The van der Waals surface area contributed by atoms with Gasteiger partial charge in [0.05, 0.1) is 7.11 Å². The second-order valence-electron chi connectivity index (χ2n) is 5.03. The standard InChI is InChI=1S/C13H22N2O3S/c1-5-13(2,3)15-19(16,17)12-8-10(9-14)6-7-11(12)18-4/h6-8,15H,5,9,14H2,1-4H3. The maximum Gasteiger partial charge on any atom is 0.244 e. The quantitative estimate of drug-likeness (QED) is 0.832. The molecule has 1 aromatic rings. The fourth-order valence-electron chi connectivity index (χ4n) is 1.55. The number of sulfonamides is 1. The van der Waals surface area contributed by atoms with Crippen LogP contribution < -0.4 is 15.2 Å². The van der Waals surface area contributed by atoms with Crippen molar-refractivity contribution in [3.63, 3.8) is 0 Å². The van der Waals surface area contributed by atoms with Gasteiger partial charge in [0.2, 0.25) is 10.0 Å². The Morgan fingerprint density at radius 3 is 2.47 bits per heavy atom. The van der Waals surface area contributed by atoms with Gasteiger partial charge in [-0.2, -0.15) is 0 Å². The maximum absolute atomic E-state index is 12.4. The lowest BCUT2D eigenvalue weighted by molar-refractivity contribution is 0.398. The molecule has 0 saturated carbocycles. The Morgan fingerprint density at radius 1 is 1.37 bits per heavy atom. The molecule has 0 fully saturated rings. The van der Waals surface area contributed by atoms with Crippen molar-refractivity contribution in [2.24, 2.45) is 5.73 Å². The van der Waals surface area contributed by atoms with Crippen LogP contribution in [0.3, 0.4) is 0 Å². The zero-order valence-electron chi connectivity index (χ0n) is 11.9. The van der Waals surface area contributed by atoms with Crippen LogP contribution in [0.2, 0.25) is 0 Å². The van der Waals surface area contributed by atoms with Crippen LogP contribution in [-0.2, 0) is 16.6 Å². The fraction of sp³-hybridized carbons (Fsp3) is 0.538. The van der Waals surface area contributed by atoms with Crippen molar-refractivity contribution in [3.8, 4) is 5.75 Å². The van der Waals surface area contributed by atoms with Gasteiger partial charge < -0.3 is 10.5 Å². The van der Waals surface area contributed by atoms with Crippen LogP contribution in [0, 0.1) is 0 Å². The molecule has 0 amide bonds. The molecule has 0 heterocycles. The smallest absolute Gasteiger partial charge is 0.244 e. The highest BCUT2D eigenvalue weighted by Crippen LogP contribution is 2.26. The molecule has 108 valence electrons. The third kappa shape index (κ3) is 3.92. The minimum Gasteiger partial charge on any atom is -0.495 e. The number of nitrogens with one attached hydrogen (secondary N) is 1. The number of hydrogen-bond acceptors (Lipinski definition) is 4. The van der Waals surface area contributed by atoms with Gasteiger partial charge in [-0.3, -0.25) is 0 Å². The van der Waals surface area contributed by atoms with E-state index < -0.39 is 15.6 Å². The Bertz CT molecular complexity index is 539. The molecule has 0 spiro atoms. The summed E-state index contributed by atoms with van der Waals surface area (Å²) in [6.45, 7) is 5.88. The SMILES string of the molecule is CCC(C)(C)NS(=O)(=O)c1cc(CN)ccc1OC. The summed E-state index contributed by atoms with van der Waals surface area (Å²) in [5.41, 5.74) is 5.79. The van der Waals surface area contributed by atoms with Crippen molar-refractivity contribution in [2.75, 3.05) is 7.11 Å². The molecule has 5 nitrogen and oxygen atoms in total. The second kappa shape index (κ2) is 5.90. The first kappa shape index (κ1) is 15.9.